The van der Waals surface area contributed by atoms with Crippen molar-refractivity contribution >= 4 is 12.0 Å². The van der Waals surface area contributed by atoms with E-state index in [1.165, 1.54) is 50.3 Å². The molecular weight excluding hydrogens is 848 g/mol. The zero-order valence-corrected chi connectivity index (χ0v) is 33.9. The van der Waals surface area contributed by atoms with Crippen LogP contribution in [-0.2, 0) is 53.8 Å². The van der Waals surface area contributed by atoms with Crippen molar-refractivity contribution in [2.45, 2.75) is 130 Å². The summed E-state index contributed by atoms with van der Waals surface area (Å²) in [4.78, 5) is 13.5. The first-order chi connectivity index (χ1) is 29.8. The first-order valence-corrected chi connectivity index (χ1v) is 19.9. The number of carbonyl (C=O) groups excluding carboxylic acids is 1. The van der Waals surface area contributed by atoms with E-state index in [4.69, 9.17) is 42.6 Å². The Morgan fingerprint density at radius 2 is 1.33 bits per heavy atom. The van der Waals surface area contributed by atoms with Crippen LogP contribution in [0, 0.1) is 0 Å². The van der Waals surface area contributed by atoms with Crippen LogP contribution in [0.15, 0.2) is 42.5 Å². The highest BCUT2D eigenvalue weighted by Gasteiger charge is 2.55. The van der Waals surface area contributed by atoms with Crippen LogP contribution < -0.4 is 0 Å². The number of esters is 1. The molecule has 4 saturated heterocycles. The van der Waals surface area contributed by atoms with Gasteiger partial charge in [-0.3, -0.25) is 0 Å². The number of rotatable bonds is 15. The van der Waals surface area contributed by atoms with Crippen LogP contribution in [0.5, 0.6) is 23.0 Å². The van der Waals surface area contributed by atoms with E-state index in [0.717, 1.165) is 12.1 Å². The largest absolute Gasteiger partial charge is 0.504 e. The Kier molecular flexibility index (Phi) is 15.9. The molecule has 4 aliphatic heterocycles. The number of aliphatic hydroxyl groups is 9. The number of hydrogen-bond acceptors (Lipinski definition) is 23. The van der Waals surface area contributed by atoms with Gasteiger partial charge in [0.25, 0.3) is 0 Å². The summed E-state index contributed by atoms with van der Waals surface area (Å²) in [7, 11) is 0. The summed E-state index contributed by atoms with van der Waals surface area (Å²) >= 11 is 0. The minimum absolute atomic E-state index is 0.0913. The normalized spacial score (nSPS) is 39.7. The summed E-state index contributed by atoms with van der Waals surface area (Å²) in [6, 6.07) is 7.72. The smallest absolute Gasteiger partial charge is 0.331 e. The van der Waals surface area contributed by atoms with E-state index in [0.29, 0.717) is 5.56 Å². The summed E-state index contributed by atoms with van der Waals surface area (Å²) in [5, 5.41) is 135. The standard InChI is InChI=1S/C40H54O23/c1-16-26(47)27(48)29(50)36(58-16)56-13-24-33(61-25(46)8-5-18-3-6-20(42)22(44)11-18)34(31(52)37(60-24)55-10-9-19-4-7-21(43)23(45)12-19)63-38-30(51)28(49)32(17(2)59-38)62-39-35(53)40(54,14-41)15-57-39/h3-8,11-12,16-17,24,26-39,41-45,47-54H,9-10,13-15H2,1-2H3/t16-,17+,24+,26-,27+,28+,29+,30-,31+,32+,33+,34+,35-,36+,37+,38+,39-,40+/m0/s1. The van der Waals surface area contributed by atoms with Crippen molar-refractivity contribution < 1.29 is 114 Å². The van der Waals surface area contributed by atoms with Crippen molar-refractivity contribution in [3.8, 4) is 23.0 Å². The maximum atomic E-state index is 13.5. The summed E-state index contributed by atoms with van der Waals surface area (Å²) in [6.45, 7) is 0.545. The van der Waals surface area contributed by atoms with Crippen molar-refractivity contribution in [3.63, 3.8) is 0 Å². The molecule has 0 radical (unpaired) electrons. The van der Waals surface area contributed by atoms with Gasteiger partial charge < -0.3 is 109 Å². The molecule has 23 nitrogen and oxygen atoms in total. The van der Waals surface area contributed by atoms with Gasteiger partial charge in [-0.25, -0.2) is 4.79 Å². The van der Waals surface area contributed by atoms with Gasteiger partial charge in [-0.15, -0.1) is 0 Å². The Balaban J connectivity index is 1.27. The maximum Gasteiger partial charge on any atom is 0.331 e. The second-order valence-electron chi connectivity index (χ2n) is 15.8. The number of phenols is 4. The second-order valence-corrected chi connectivity index (χ2v) is 15.8. The first kappa shape index (κ1) is 48.6. The number of aliphatic hydroxyl groups excluding tert-OH is 8. The molecular formula is C40H54O23. The van der Waals surface area contributed by atoms with Crippen LogP contribution in [0.4, 0.5) is 0 Å². The van der Waals surface area contributed by atoms with E-state index in [9.17, 15) is 71.2 Å². The number of phenolic OH excluding ortho intramolecular Hbond substituents is 4. The third-order valence-electron chi connectivity index (χ3n) is 11.2. The summed E-state index contributed by atoms with van der Waals surface area (Å²) in [5.74, 6) is -2.77. The van der Waals surface area contributed by atoms with E-state index in [1.54, 1.807) is 0 Å². The predicted octanol–water partition coefficient (Wildman–Crippen LogP) is -3.70. The molecule has 0 saturated carbocycles. The molecule has 0 bridgehead atoms. The van der Waals surface area contributed by atoms with Crippen LogP contribution in [0.25, 0.3) is 6.08 Å². The van der Waals surface area contributed by atoms with Gasteiger partial charge in [-0.2, -0.15) is 0 Å². The molecule has 0 unspecified atom stereocenters. The van der Waals surface area contributed by atoms with E-state index in [-0.39, 0.29) is 24.3 Å². The molecule has 6 rings (SSSR count). The number of ether oxygens (including phenoxy) is 9. The molecule has 2 aromatic rings. The fourth-order valence-electron chi connectivity index (χ4n) is 7.33. The van der Waals surface area contributed by atoms with Gasteiger partial charge in [-0.1, -0.05) is 12.1 Å². The Labute approximate surface area is 359 Å². The van der Waals surface area contributed by atoms with Gasteiger partial charge in [-0.05, 0) is 61.7 Å². The lowest BCUT2D eigenvalue weighted by Crippen LogP contribution is -2.66. The first-order valence-electron chi connectivity index (χ1n) is 19.9. The fraction of sp³-hybridized carbons (Fsp3) is 0.625. The summed E-state index contributed by atoms with van der Waals surface area (Å²) in [5.41, 5.74) is -1.33. The van der Waals surface area contributed by atoms with Crippen LogP contribution in [0.2, 0.25) is 0 Å². The van der Waals surface area contributed by atoms with Crippen LogP contribution in [-0.4, -0.2) is 209 Å². The lowest BCUT2D eigenvalue weighted by molar-refractivity contribution is -0.369. The second kappa shape index (κ2) is 20.6. The zero-order chi connectivity index (χ0) is 45.9. The molecule has 4 fully saturated rings. The highest BCUT2D eigenvalue weighted by Crippen LogP contribution is 2.35. The highest BCUT2D eigenvalue weighted by molar-refractivity contribution is 5.87. The molecule has 0 spiro atoms. The third-order valence-corrected chi connectivity index (χ3v) is 11.2. The molecule has 352 valence electrons. The fourth-order valence-corrected chi connectivity index (χ4v) is 7.33. The van der Waals surface area contributed by atoms with Crippen molar-refractivity contribution in [2.24, 2.45) is 0 Å². The summed E-state index contributed by atoms with van der Waals surface area (Å²) < 4.78 is 52.1. The lowest BCUT2D eigenvalue weighted by Gasteiger charge is -2.47. The van der Waals surface area contributed by atoms with Crippen LogP contribution in [0.3, 0.4) is 0 Å². The SMILES string of the molecule is C[C@@H]1O[C@@H](OC[C@H]2O[C@@H](OCCc3ccc(O)c(O)c3)[C@H](O)[C@@H](O[C@H]3O[C@H](C)[C@@H](O[C@@H]4OC[C@](O)(CO)[C@H]4O)[C@H](O)[C@@H]3O)[C@@H]2OC(=O)C=Cc2ccc(O)c(O)c2)[C@H](O)[C@H](O)[C@H]1O. The van der Waals surface area contributed by atoms with Crippen LogP contribution in [0.1, 0.15) is 25.0 Å². The highest BCUT2D eigenvalue weighted by atomic mass is 16.8. The van der Waals surface area contributed by atoms with E-state index >= 15 is 0 Å². The average Bonchev–Trinajstić information content (AvgIpc) is 3.54. The average molecular weight is 903 g/mol. The Morgan fingerprint density at radius 3 is 2.00 bits per heavy atom. The molecule has 4 aliphatic rings. The van der Waals surface area contributed by atoms with E-state index < -0.39 is 153 Å². The van der Waals surface area contributed by atoms with Crippen molar-refractivity contribution in [3.05, 3.63) is 53.6 Å². The number of hydrogen-bond donors (Lipinski definition) is 13. The summed E-state index contributed by atoms with van der Waals surface area (Å²) in [6.07, 6.45) is -25.6. The van der Waals surface area contributed by atoms with E-state index in [1.807, 2.05) is 0 Å². The Morgan fingerprint density at radius 1 is 0.698 bits per heavy atom. The number of benzene rings is 2. The molecule has 0 aliphatic carbocycles. The molecule has 2 aromatic carbocycles. The van der Waals surface area contributed by atoms with Gasteiger partial charge in [0.2, 0.25) is 0 Å². The maximum absolute atomic E-state index is 13.5. The monoisotopic (exact) mass is 902 g/mol. The third kappa shape index (κ3) is 11.0. The van der Waals surface area contributed by atoms with Crippen molar-refractivity contribution in [1.82, 2.24) is 0 Å². The Bertz CT molecular complexity index is 1870. The van der Waals surface area contributed by atoms with Gasteiger partial charge in [0.05, 0.1) is 38.6 Å². The number of aromatic hydroxyl groups is 4. The minimum Gasteiger partial charge on any atom is -0.504 e. The van der Waals surface area contributed by atoms with Crippen molar-refractivity contribution in [1.29, 1.82) is 0 Å². The zero-order valence-electron chi connectivity index (χ0n) is 33.9. The van der Waals surface area contributed by atoms with Gasteiger partial charge in [0.1, 0.15) is 66.6 Å². The lowest BCUT2D eigenvalue weighted by atomic mass is 9.96. The van der Waals surface area contributed by atoms with Crippen LogP contribution >= 0.6 is 0 Å². The molecule has 23 heteroatoms. The van der Waals surface area contributed by atoms with Crippen molar-refractivity contribution in [2.75, 3.05) is 26.4 Å². The van der Waals surface area contributed by atoms with Gasteiger partial charge in [0.15, 0.2) is 54.3 Å². The number of carbonyl (C=O) groups is 1. The molecule has 18 atom stereocenters. The molecule has 0 aromatic heterocycles. The quantitative estimate of drug-likeness (QED) is 0.0465. The van der Waals surface area contributed by atoms with Gasteiger partial charge >= 0.3 is 5.97 Å². The topological polar surface area (TPSA) is 363 Å². The molecule has 13 N–H and O–H groups in total. The predicted molar refractivity (Wildman–Crippen MR) is 205 cm³/mol. The van der Waals surface area contributed by atoms with E-state index in [2.05, 4.69) is 0 Å². The molecule has 63 heavy (non-hydrogen) atoms. The molecule has 4 heterocycles. The molecule has 0 amide bonds. The Hall–Kier alpha value is -3.83. The minimum atomic E-state index is -2.07. The van der Waals surface area contributed by atoms with Gasteiger partial charge in [0, 0.05) is 6.08 Å².